The molecule has 0 fully saturated rings. The van der Waals surface area contributed by atoms with E-state index in [2.05, 4.69) is 27.6 Å². The Balaban J connectivity index is 2.23. The lowest BCUT2D eigenvalue weighted by Gasteiger charge is -2.02. The van der Waals surface area contributed by atoms with E-state index in [0.717, 1.165) is 9.32 Å². The standard InChI is InChI=1S/C9H7IN2OS/c10-6-3-1-2-4-7(6)13-9-12-5-8(11)14-9/h1-5H,11H2. The van der Waals surface area contributed by atoms with Crippen molar-refractivity contribution in [2.75, 3.05) is 5.73 Å². The van der Waals surface area contributed by atoms with Crippen molar-refractivity contribution in [1.29, 1.82) is 0 Å². The molecule has 0 saturated carbocycles. The Morgan fingerprint density at radius 3 is 2.79 bits per heavy atom. The average Bonchev–Trinajstić information content (AvgIpc) is 2.56. The first-order valence-corrected chi connectivity index (χ1v) is 5.79. The maximum atomic E-state index is 5.55. The van der Waals surface area contributed by atoms with Crippen LogP contribution in [0.2, 0.25) is 0 Å². The number of hydrogen-bond acceptors (Lipinski definition) is 4. The van der Waals surface area contributed by atoms with Gasteiger partial charge in [0.05, 0.1) is 9.77 Å². The third-order valence-corrected chi connectivity index (χ3v) is 3.13. The van der Waals surface area contributed by atoms with E-state index >= 15 is 0 Å². The molecular formula is C9H7IN2OS. The minimum Gasteiger partial charge on any atom is -0.430 e. The summed E-state index contributed by atoms with van der Waals surface area (Å²) >= 11 is 3.55. The highest BCUT2D eigenvalue weighted by Crippen LogP contribution is 2.30. The Kier molecular flexibility index (Phi) is 2.87. The van der Waals surface area contributed by atoms with Gasteiger partial charge in [-0.15, -0.1) is 0 Å². The number of ether oxygens (including phenoxy) is 1. The molecule has 14 heavy (non-hydrogen) atoms. The van der Waals surface area contributed by atoms with Crippen molar-refractivity contribution in [3.63, 3.8) is 0 Å². The van der Waals surface area contributed by atoms with Crippen LogP contribution in [0.4, 0.5) is 5.00 Å². The zero-order chi connectivity index (χ0) is 9.97. The lowest BCUT2D eigenvalue weighted by molar-refractivity contribution is 0.475. The topological polar surface area (TPSA) is 48.1 Å². The van der Waals surface area contributed by atoms with Gasteiger partial charge in [-0.3, -0.25) is 0 Å². The zero-order valence-electron chi connectivity index (χ0n) is 7.11. The fraction of sp³-hybridized carbons (Fsp3) is 0. The molecule has 0 bridgehead atoms. The number of nitrogen functional groups attached to an aromatic ring is 1. The van der Waals surface area contributed by atoms with Crippen LogP contribution in [0, 0.1) is 3.57 Å². The van der Waals surface area contributed by atoms with Crippen molar-refractivity contribution >= 4 is 38.9 Å². The molecule has 0 aliphatic heterocycles. The number of halogens is 1. The Bertz CT molecular complexity index is 444. The molecular weight excluding hydrogens is 311 g/mol. The summed E-state index contributed by atoms with van der Waals surface area (Å²) in [5.41, 5.74) is 5.54. The quantitative estimate of drug-likeness (QED) is 0.866. The second kappa shape index (κ2) is 4.14. The number of anilines is 1. The molecule has 0 aliphatic rings. The largest absolute Gasteiger partial charge is 0.430 e. The van der Waals surface area contributed by atoms with E-state index in [9.17, 15) is 0 Å². The molecule has 0 saturated heterocycles. The summed E-state index contributed by atoms with van der Waals surface area (Å²) in [4.78, 5) is 4.02. The smallest absolute Gasteiger partial charge is 0.280 e. The van der Waals surface area contributed by atoms with E-state index in [1.54, 1.807) is 6.20 Å². The Labute approximate surface area is 99.1 Å². The lowest BCUT2D eigenvalue weighted by atomic mass is 10.3. The summed E-state index contributed by atoms with van der Waals surface area (Å²) in [6.45, 7) is 0. The predicted molar refractivity (Wildman–Crippen MR) is 65.8 cm³/mol. The molecule has 1 aromatic carbocycles. The Morgan fingerprint density at radius 2 is 2.14 bits per heavy atom. The summed E-state index contributed by atoms with van der Waals surface area (Å²) in [7, 11) is 0. The molecule has 0 atom stereocenters. The van der Waals surface area contributed by atoms with Gasteiger partial charge in [-0.05, 0) is 34.7 Å². The molecule has 0 unspecified atom stereocenters. The van der Waals surface area contributed by atoms with E-state index in [1.807, 2.05) is 24.3 Å². The number of para-hydroxylation sites is 1. The minimum atomic E-state index is 0.576. The molecule has 2 N–H and O–H groups in total. The summed E-state index contributed by atoms with van der Waals surface area (Å²) < 4.78 is 6.60. The minimum absolute atomic E-state index is 0.576. The van der Waals surface area contributed by atoms with E-state index in [4.69, 9.17) is 10.5 Å². The Hall–Kier alpha value is -0.820. The predicted octanol–water partition coefficient (Wildman–Crippen LogP) is 3.12. The molecule has 1 heterocycles. The second-order valence-electron chi connectivity index (χ2n) is 2.56. The average molecular weight is 318 g/mol. The number of rotatable bonds is 2. The van der Waals surface area contributed by atoms with Crippen molar-refractivity contribution in [1.82, 2.24) is 4.98 Å². The van der Waals surface area contributed by atoms with Crippen molar-refractivity contribution in [3.8, 4) is 10.9 Å². The second-order valence-corrected chi connectivity index (χ2v) is 4.75. The number of nitrogens with zero attached hydrogens (tertiary/aromatic N) is 1. The first kappa shape index (κ1) is 9.72. The van der Waals surface area contributed by atoms with Crippen LogP contribution in [0.25, 0.3) is 0 Å². The van der Waals surface area contributed by atoms with Gasteiger partial charge in [-0.2, -0.15) is 0 Å². The van der Waals surface area contributed by atoms with Crippen molar-refractivity contribution in [2.45, 2.75) is 0 Å². The van der Waals surface area contributed by atoms with Crippen LogP contribution in [0.3, 0.4) is 0 Å². The van der Waals surface area contributed by atoms with Crippen LogP contribution in [0.15, 0.2) is 30.5 Å². The van der Waals surface area contributed by atoms with Crippen molar-refractivity contribution in [3.05, 3.63) is 34.0 Å². The third-order valence-electron chi connectivity index (χ3n) is 1.54. The van der Waals surface area contributed by atoms with E-state index < -0.39 is 0 Å². The fourth-order valence-electron chi connectivity index (χ4n) is 0.939. The van der Waals surface area contributed by atoms with Crippen molar-refractivity contribution in [2.24, 2.45) is 0 Å². The van der Waals surface area contributed by atoms with Crippen LogP contribution < -0.4 is 10.5 Å². The van der Waals surface area contributed by atoms with Crippen molar-refractivity contribution < 1.29 is 4.74 Å². The van der Waals surface area contributed by atoms with Gasteiger partial charge in [0.15, 0.2) is 0 Å². The lowest BCUT2D eigenvalue weighted by Crippen LogP contribution is -1.85. The maximum absolute atomic E-state index is 5.55. The normalized spacial score (nSPS) is 10.1. The van der Waals surface area contributed by atoms with Crippen LogP contribution in [0.5, 0.6) is 10.9 Å². The highest BCUT2D eigenvalue weighted by molar-refractivity contribution is 14.1. The van der Waals surface area contributed by atoms with Crippen LogP contribution in [-0.2, 0) is 0 Å². The molecule has 72 valence electrons. The van der Waals surface area contributed by atoms with Gasteiger partial charge in [-0.1, -0.05) is 23.5 Å². The van der Waals surface area contributed by atoms with Gasteiger partial charge in [0, 0.05) is 0 Å². The first-order valence-electron chi connectivity index (χ1n) is 3.89. The summed E-state index contributed by atoms with van der Waals surface area (Å²) in [6.07, 6.45) is 1.59. The van der Waals surface area contributed by atoms with Gasteiger partial charge < -0.3 is 10.5 Å². The number of aromatic nitrogens is 1. The molecule has 0 radical (unpaired) electrons. The molecule has 1 aromatic heterocycles. The molecule has 0 spiro atoms. The highest BCUT2D eigenvalue weighted by atomic mass is 127. The number of thiazole rings is 1. The van der Waals surface area contributed by atoms with Crippen LogP contribution >= 0.6 is 33.9 Å². The third kappa shape index (κ3) is 2.16. The number of nitrogens with two attached hydrogens (primary N) is 1. The highest BCUT2D eigenvalue weighted by Gasteiger charge is 2.04. The molecule has 2 rings (SSSR count). The number of benzene rings is 1. The van der Waals surface area contributed by atoms with Gasteiger partial charge in [0.1, 0.15) is 10.8 Å². The van der Waals surface area contributed by atoms with E-state index in [0.29, 0.717) is 10.2 Å². The Morgan fingerprint density at radius 1 is 1.36 bits per heavy atom. The molecule has 5 heteroatoms. The monoisotopic (exact) mass is 318 g/mol. The molecule has 2 aromatic rings. The van der Waals surface area contributed by atoms with Gasteiger partial charge in [0.25, 0.3) is 5.19 Å². The number of hydrogen-bond donors (Lipinski definition) is 1. The van der Waals surface area contributed by atoms with E-state index in [-0.39, 0.29) is 0 Å². The molecule has 0 amide bonds. The van der Waals surface area contributed by atoms with Gasteiger partial charge in [0.2, 0.25) is 0 Å². The van der Waals surface area contributed by atoms with Gasteiger partial charge >= 0.3 is 0 Å². The molecule has 0 aliphatic carbocycles. The van der Waals surface area contributed by atoms with Gasteiger partial charge in [-0.25, -0.2) is 4.98 Å². The molecule has 3 nitrogen and oxygen atoms in total. The summed E-state index contributed by atoms with van der Waals surface area (Å²) in [6, 6.07) is 7.77. The van der Waals surface area contributed by atoms with Crippen LogP contribution in [-0.4, -0.2) is 4.98 Å². The van der Waals surface area contributed by atoms with Crippen LogP contribution in [0.1, 0.15) is 0 Å². The fourth-order valence-corrected chi connectivity index (χ4v) is 1.98. The maximum Gasteiger partial charge on any atom is 0.280 e. The zero-order valence-corrected chi connectivity index (χ0v) is 10.1. The summed E-state index contributed by atoms with van der Waals surface area (Å²) in [5.74, 6) is 0.808. The summed E-state index contributed by atoms with van der Waals surface area (Å²) in [5, 5.41) is 1.23. The SMILES string of the molecule is Nc1cnc(Oc2ccccc2I)s1. The van der Waals surface area contributed by atoms with E-state index in [1.165, 1.54) is 11.3 Å². The first-order chi connectivity index (χ1) is 6.75.